The maximum absolute atomic E-state index is 4.06. The first-order valence-corrected chi connectivity index (χ1v) is 5.03. The highest BCUT2D eigenvalue weighted by Crippen LogP contribution is 2.19. The van der Waals surface area contributed by atoms with Crippen LogP contribution in [0.2, 0.25) is 0 Å². The van der Waals surface area contributed by atoms with Gasteiger partial charge in [0.25, 0.3) is 0 Å². The van der Waals surface area contributed by atoms with E-state index in [2.05, 4.69) is 27.3 Å². The highest BCUT2D eigenvalue weighted by molar-refractivity contribution is 7.13. The molecule has 2 rings (SSSR count). The first kappa shape index (κ1) is 7.94. The average molecular weight is 184 g/mol. The first-order valence-electron chi connectivity index (χ1n) is 4.15. The Morgan fingerprint density at radius 3 is 3.00 bits per heavy atom. The molecule has 1 aromatic heterocycles. The molecule has 0 aliphatic carbocycles. The summed E-state index contributed by atoms with van der Waals surface area (Å²) in [5.41, 5.74) is 1.78. The lowest BCUT2D eigenvalue weighted by Gasteiger charge is -2.37. The van der Waals surface area contributed by atoms with Crippen LogP contribution in [-0.4, -0.2) is 35.9 Å². The number of anilines is 1. The molecule has 1 N–H and O–H groups in total. The van der Waals surface area contributed by atoms with Crippen LogP contribution < -0.4 is 10.2 Å². The Hall–Kier alpha value is -0.680. The second-order valence-electron chi connectivity index (χ2n) is 2.82. The maximum Gasteiger partial charge on any atom is 0.208 e. The van der Waals surface area contributed by atoms with Crippen LogP contribution in [0.1, 0.15) is 6.92 Å². The van der Waals surface area contributed by atoms with Gasteiger partial charge < -0.3 is 10.2 Å². The Morgan fingerprint density at radius 1 is 1.75 bits per heavy atom. The third-order valence-corrected chi connectivity index (χ3v) is 2.86. The quantitative estimate of drug-likeness (QED) is 0.735. The standard InChI is InChI=1S/C7H12N4S/c1-2-11(6-3-8-4-6)7-10-9-5-12-7/h5-6,8H,2-4H2,1H3. The zero-order valence-corrected chi connectivity index (χ0v) is 7.84. The minimum Gasteiger partial charge on any atom is -0.341 e. The summed E-state index contributed by atoms with van der Waals surface area (Å²) in [6, 6.07) is 0.628. The molecule has 1 saturated heterocycles. The topological polar surface area (TPSA) is 41.1 Å². The lowest BCUT2D eigenvalue weighted by atomic mass is 10.1. The van der Waals surface area contributed by atoms with Crippen LogP contribution in [-0.2, 0) is 0 Å². The number of likely N-dealkylation sites (N-methyl/N-ethyl adjacent to an activating group) is 1. The van der Waals surface area contributed by atoms with Gasteiger partial charge in [0.1, 0.15) is 5.51 Å². The van der Waals surface area contributed by atoms with E-state index in [1.165, 1.54) is 0 Å². The molecule has 0 saturated carbocycles. The van der Waals surface area contributed by atoms with Crippen molar-refractivity contribution in [3.63, 3.8) is 0 Å². The molecule has 2 heterocycles. The van der Waals surface area contributed by atoms with Crippen LogP contribution in [0.3, 0.4) is 0 Å². The molecule has 4 nitrogen and oxygen atoms in total. The Balaban J connectivity index is 2.07. The van der Waals surface area contributed by atoms with Crippen LogP contribution in [0, 0.1) is 0 Å². The summed E-state index contributed by atoms with van der Waals surface area (Å²) in [4.78, 5) is 2.30. The zero-order chi connectivity index (χ0) is 8.39. The fraction of sp³-hybridized carbons (Fsp3) is 0.714. The molecular formula is C7H12N4S. The van der Waals surface area contributed by atoms with Crippen molar-refractivity contribution >= 4 is 16.5 Å². The summed E-state index contributed by atoms with van der Waals surface area (Å²) in [7, 11) is 0. The van der Waals surface area contributed by atoms with E-state index in [1.54, 1.807) is 16.8 Å². The number of aromatic nitrogens is 2. The molecule has 66 valence electrons. The minimum atomic E-state index is 0.628. The molecule has 0 spiro atoms. The van der Waals surface area contributed by atoms with Gasteiger partial charge in [0.2, 0.25) is 5.13 Å². The molecule has 0 radical (unpaired) electrons. The SMILES string of the molecule is CCN(c1nncs1)C1CNC1. The number of hydrogen-bond donors (Lipinski definition) is 1. The summed E-state index contributed by atoms with van der Waals surface area (Å²) in [6.45, 7) is 5.32. The first-order chi connectivity index (χ1) is 5.92. The molecule has 0 bridgehead atoms. The average Bonchev–Trinajstić information content (AvgIpc) is 2.47. The molecule has 0 aromatic carbocycles. The summed E-state index contributed by atoms with van der Waals surface area (Å²) >= 11 is 1.61. The van der Waals surface area contributed by atoms with Crippen molar-refractivity contribution in [2.45, 2.75) is 13.0 Å². The number of rotatable bonds is 3. The summed E-state index contributed by atoms with van der Waals surface area (Å²) < 4.78 is 0. The van der Waals surface area contributed by atoms with Crippen molar-refractivity contribution in [1.29, 1.82) is 0 Å². The van der Waals surface area contributed by atoms with Gasteiger partial charge in [-0.15, -0.1) is 10.2 Å². The summed E-state index contributed by atoms with van der Waals surface area (Å²) in [5.74, 6) is 0. The fourth-order valence-electron chi connectivity index (χ4n) is 1.34. The van der Waals surface area contributed by atoms with E-state index < -0.39 is 0 Å². The molecule has 0 atom stereocenters. The monoisotopic (exact) mass is 184 g/mol. The van der Waals surface area contributed by atoms with Gasteiger partial charge in [-0.3, -0.25) is 0 Å². The van der Waals surface area contributed by atoms with Gasteiger partial charge in [-0.05, 0) is 6.92 Å². The van der Waals surface area contributed by atoms with Gasteiger partial charge in [-0.25, -0.2) is 0 Å². The second-order valence-corrected chi connectivity index (χ2v) is 3.63. The molecule has 0 amide bonds. The van der Waals surface area contributed by atoms with Crippen molar-refractivity contribution in [1.82, 2.24) is 15.5 Å². The van der Waals surface area contributed by atoms with E-state index in [0.29, 0.717) is 6.04 Å². The summed E-state index contributed by atoms with van der Waals surface area (Å²) in [6.07, 6.45) is 0. The largest absolute Gasteiger partial charge is 0.341 e. The molecule has 5 heteroatoms. The third-order valence-electron chi connectivity index (χ3n) is 2.14. The third kappa shape index (κ3) is 1.30. The van der Waals surface area contributed by atoms with Gasteiger partial charge in [-0.1, -0.05) is 11.3 Å². The van der Waals surface area contributed by atoms with Gasteiger partial charge >= 0.3 is 0 Å². The summed E-state index contributed by atoms with van der Waals surface area (Å²) in [5, 5.41) is 12.2. The van der Waals surface area contributed by atoms with E-state index in [0.717, 1.165) is 24.8 Å². The van der Waals surface area contributed by atoms with E-state index in [4.69, 9.17) is 0 Å². The van der Waals surface area contributed by atoms with E-state index >= 15 is 0 Å². The second kappa shape index (κ2) is 3.37. The Labute approximate surface area is 75.6 Å². The molecular weight excluding hydrogens is 172 g/mol. The molecule has 1 aliphatic rings. The van der Waals surface area contributed by atoms with Crippen LogP contribution in [0.5, 0.6) is 0 Å². The number of nitrogens with zero attached hydrogens (tertiary/aromatic N) is 3. The Kier molecular flexibility index (Phi) is 2.23. The van der Waals surface area contributed by atoms with Crippen LogP contribution in [0.15, 0.2) is 5.51 Å². The Bertz CT molecular complexity index is 232. The van der Waals surface area contributed by atoms with Gasteiger partial charge in [0.15, 0.2) is 0 Å². The van der Waals surface area contributed by atoms with Crippen molar-refractivity contribution in [3.8, 4) is 0 Å². The molecule has 1 aromatic rings. The van der Waals surface area contributed by atoms with Crippen molar-refractivity contribution in [2.75, 3.05) is 24.5 Å². The Morgan fingerprint density at radius 2 is 2.58 bits per heavy atom. The van der Waals surface area contributed by atoms with Crippen LogP contribution in [0.4, 0.5) is 5.13 Å². The van der Waals surface area contributed by atoms with Crippen LogP contribution in [0.25, 0.3) is 0 Å². The lowest BCUT2D eigenvalue weighted by Crippen LogP contribution is -2.57. The fourth-order valence-corrected chi connectivity index (χ4v) is 2.03. The van der Waals surface area contributed by atoms with Gasteiger partial charge in [-0.2, -0.15) is 0 Å². The predicted molar refractivity (Wildman–Crippen MR) is 49.6 cm³/mol. The van der Waals surface area contributed by atoms with Crippen LogP contribution >= 0.6 is 11.3 Å². The highest BCUT2D eigenvalue weighted by Gasteiger charge is 2.24. The van der Waals surface area contributed by atoms with Gasteiger partial charge in [0.05, 0.1) is 6.04 Å². The lowest BCUT2D eigenvalue weighted by molar-refractivity contribution is 0.416. The van der Waals surface area contributed by atoms with Crippen molar-refractivity contribution in [3.05, 3.63) is 5.51 Å². The van der Waals surface area contributed by atoms with Crippen molar-refractivity contribution < 1.29 is 0 Å². The molecule has 0 unspecified atom stereocenters. The normalized spacial score (nSPS) is 17.4. The maximum atomic E-state index is 4.06. The number of hydrogen-bond acceptors (Lipinski definition) is 5. The van der Waals surface area contributed by atoms with E-state index in [1.807, 2.05) is 0 Å². The highest BCUT2D eigenvalue weighted by atomic mass is 32.1. The van der Waals surface area contributed by atoms with Crippen molar-refractivity contribution in [2.24, 2.45) is 0 Å². The van der Waals surface area contributed by atoms with E-state index in [-0.39, 0.29) is 0 Å². The van der Waals surface area contributed by atoms with E-state index in [9.17, 15) is 0 Å². The minimum absolute atomic E-state index is 0.628. The predicted octanol–water partition coefficient (Wildman–Crippen LogP) is 0.336. The van der Waals surface area contributed by atoms with Gasteiger partial charge in [0, 0.05) is 19.6 Å². The smallest absolute Gasteiger partial charge is 0.208 e. The molecule has 12 heavy (non-hydrogen) atoms. The zero-order valence-electron chi connectivity index (χ0n) is 7.03. The molecule has 1 aliphatic heterocycles. The molecule has 1 fully saturated rings. The number of nitrogens with one attached hydrogen (secondary N) is 1.